The van der Waals surface area contributed by atoms with E-state index in [9.17, 15) is 4.79 Å². The lowest BCUT2D eigenvalue weighted by atomic mass is 10.1. The third-order valence-electron chi connectivity index (χ3n) is 2.72. The van der Waals surface area contributed by atoms with Gasteiger partial charge in [-0.1, -0.05) is 0 Å². The molecule has 0 saturated heterocycles. The molecule has 0 aliphatic carbocycles. The molecule has 2 heterocycles. The van der Waals surface area contributed by atoms with Gasteiger partial charge in [0.05, 0.1) is 19.0 Å². The summed E-state index contributed by atoms with van der Waals surface area (Å²) in [4.78, 5) is 19.5. The second-order valence-corrected chi connectivity index (χ2v) is 3.88. The Morgan fingerprint density at radius 1 is 1.44 bits per heavy atom. The van der Waals surface area contributed by atoms with E-state index in [0.717, 1.165) is 5.56 Å². The van der Waals surface area contributed by atoms with Crippen molar-refractivity contribution in [2.24, 2.45) is 0 Å². The topological polar surface area (TPSA) is 57.0 Å². The quantitative estimate of drug-likeness (QED) is 0.774. The molecule has 0 saturated carbocycles. The number of hydrogen-bond donors (Lipinski definition) is 0. The van der Waals surface area contributed by atoms with Crippen LogP contribution in [0.2, 0.25) is 0 Å². The average Bonchev–Trinajstić information content (AvgIpc) is 2.89. The fraction of sp³-hybridized carbons (Fsp3) is 0.308. The zero-order valence-corrected chi connectivity index (χ0v) is 10.4. The van der Waals surface area contributed by atoms with E-state index in [1.807, 2.05) is 23.6 Å². The molecule has 94 valence electrons. The Hall–Kier alpha value is -2.17. The van der Waals surface area contributed by atoms with Crippen molar-refractivity contribution in [3.63, 3.8) is 0 Å². The van der Waals surface area contributed by atoms with Crippen molar-refractivity contribution in [3.05, 3.63) is 48.3 Å². The molecular formula is C13H15N3O2. The summed E-state index contributed by atoms with van der Waals surface area (Å²) in [5.74, 6) is -0.391. The molecule has 0 aliphatic heterocycles. The maximum Gasteiger partial charge on any atom is 0.358 e. The molecule has 0 spiro atoms. The number of ether oxygens (including phenoxy) is 1. The van der Waals surface area contributed by atoms with Gasteiger partial charge in [-0.3, -0.25) is 4.98 Å². The molecule has 5 heteroatoms. The van der Waals surface area contributed by atoms with Crippen molar-refractivity contribution in [2.75, 3.05) is 6.61 Å². The standard InChI is InChI=1S/C13H15N3O2/c1-3-18-13(17)12-8-16(9-15-12)10(2)11-4-6-14-7-5-11/h4-10H,3H2,1-2H3. The first-order valence-corrected chi connectivity index (χ1v) is 5.83. The number of carbonyl (C=O) groups excluding carboxylic acids is 1. The molecule has 18 heavy (non-hydrogen) atoms. The van der Waals surface area contributed by atoms with E-state index in [-0.39, 0.29) is 6.04 Å². The van der Waals surface area contributed by atoms with Gasteiger partial charge >= 0.3 is 5.97 Å². The number of aromatic nitrogens is 3. The maximum atomic E-state index is 11.5. The first kappa shape index (κ1) is 12.3. The summed E-state index contributed by atoms with van der Waals surface area (Å²) in [5.41, 5.74) is 1.44. The lowest BCUT2D eigenvalue weighted by Gasteiger charge is -2.12. The van der Waals surface area contributed by atoms with Crippen LogP contribution in [-0.2, 0) is 4.74 Å². The highest BCUT2D eigenvalue weighted by Crippen LogP contribution is 2.17. The van der Waals surface area contributed by atoms with Crippen LogP contribution in [0.1, 0.15) is 35.9 Å². The van der Waals surface area contributed by atoms with Crippen molar-refractivity contribution in [1.82, 2.24) is 14.5 Å². The lowest BCUT2D eigenvalue weighted by Crippen LogP contribution is -2.06. The van der Waals surface area contributed by atoms with Crippen LogP contribution in [0.4, 0.5) is 0 Å². The predicted molar refractivity (Wildman–Crippen MR) is 66.2 cm³/mol. The highest BCUT2D eigenvalue weighted by molar-refractivity contribution is 5.86. The van der Waals surface area contributed by atoms with Gasteiger partial charge in [-0.25, -0.2) is 9.78 Å². The fourth-order valence-electron chi connectivity index (χ4n) is 1.67. The van der Waals surface area contributed by atoms with Crippen LogP contribution in [0, 0.1) is 0 Å². The van der Waals surface area contributed by atoms with Crippen LogP contribution in [0.3, 0.4) is 0 Å². The van der Waals surface area contributed by atoms with Crippen LogP contribution in [0.15, 0.2) is 37.1 Å². The Kier molecular flexibility index (Phi) is 3.72. The van der Waals surface area contributed by atoms with Gasteiger partial charge in [-0.2, -0.15) is 0 Å². The number of nitrogens with zero attached hydrogens (tertiary/aromatic N) is 3. The van der Waals surface area contributed by atoms with E-state index in [1.165, 1.54) is 0 Å². The number of rotatable bonds is 4. The SMILES string of the molecule is CCOC(=O)c1cn(C(C)c2ccncc2)cn1. The summed E-state index contributed by atoms with van der Waals surface area (Å²) in [5, 5.41) is 0. The number of carbonyl (C=O) groups is 1. The van der Waals surface area contributed by atoms with Gasteiger partial charge in [0.25, 0.3) is 0 Å². The smallest absolute Gasteiger partial charge is 0.358 e. The molecule has 5 nitrogen and oxygen atoms in total. The Bertz CT molecular complexity index is 522. The summed E-state index contributed by atoms with van der Waals surface area (Å²) < 4.78 is 6.78. The minimum Gasteiger partial charge on any atom is -0.461 e. The van der Waals surface area contributed by atoms with Crippen molar-refractivity contribution in [2.45, 2.75) is 19.9 Å². The zero-order chi connectivity index (χ0) is 13.0. The normalized spacial score (nSPS) is 12.1. The molecule has 2 aromatic rings. The van der Waals surface area contributed by atoms with Gasteiger partial charge in [0.2, 0.25) is 0 Å². The molecule has 1 atom stereocenters. The number of pyridine rings is 1. The third-order valence-corrected chi connectivity index (χ3v) is 2.72. The Morgan fingerprint density at radius 2 is 2.17 bits per heavy atom. The van der Waals surface area contributed by atoms with Gasteiger partial charge < -0.3 is 9.30 Å². The summed E-state index contributed by atoms with van der Waals surface area (Å²) in [6, 6.07) is 3.98. The van der Waals surface area contributed by atoms with Crippen LogP contribution in [0.5, 0.6) is 0 Å². The first-order chi connectivity index (χ1) is 8.72. The Morgan fingerprint density at radius 3 is 2.83 bits per heavy atom. The molecule has 0 bridgehead atoms. The van der Waals surface area contributed by atoms with E-state index in [2.05, 4.69) is 9.97 Å². The largest absolute Gasteiger partial charge is 0.461 e. The van der Waals surface area contributed by atoms with Gasteiger partial charge in [0.15, 0.2) is 5.69 Å². The molecule has 0 amide bonds. The van der Waals surface area contributed by atoms with Crippen LogP contribution < -0.4 is 0 Å². The van der Waals surface area contributed by atoms with Crippen LogP contribution in [0.25, 0.3) is 0 Å². The van der Waals surface area contributed by atoms with Gasteiger partial charge in [0.1, 0.15) is 0 Å². The highest BCUT2D eigenvalue weighted by Gasteiger charge is 2.13. The fourth-order valence-corrected chi connectivity index (χ4v) is 1.67. The van der Waals surface area contributed by atoms with Gasteiger partial charge in [0, 0.05) is 18.6 Å². The summed E-state index contributed by atoms with van der Waals surface area (Å²) in [7, 11) is 0. The van der Waals surface area contributed by atoms with E-state index in [1.54, 1.807) is 31.8 Å². The molecule has 0 aromatic carbocycles. The number of esters is 1. The monoisotopic (exact) mass is 245 g/mol. The molecular weight excluding hydrogens is 230 g/mol. The summed E-state index contributed by atoms with van der Waals surface area (Å²) in [6.07, 6.45) is 6.82. The molecule has 0 aliphatic rings. The second kappa shape index (κ2) is 5.44. The van der Waals surface area contributed by atoms with E-state index >= 15 is 0 Å². The maximum absolute atomic E-state index is 11.5. The third kappa shape index (κ3) is 2.56. The first-order valence-electron chi connectivity index (χ1n) is 5.83. The zero-order valence-electron chi connectivity index (χ0n) is 10.4. The van der Waals surface area contributed by atoms with Crippen molar-refractivity contribution < 1.29 is 9.53 Å². The summed E-state index contributed by atoms with van der Waals surface area (Å²) in [6.45, 7) is 4.16. The second-order valence-electron chi connectivity index (χ2n) is 3.88. The van der Waals surface area contributed by atoms with Gasteiger partial charge in [-0.15, -0.1) is 0 Å². The van der Waals surface area contributed by atoms with Gasteiger partial charge in [-0.05, 0) is 31.5 Å². The van der Waals surface area contributed by atoms with Crippen molar-refractivity contribution in [1.29, 1.82) is 0 Å². The lowest BCUT2D eigenvalue weighted by molar-refractivity contribution is 0.0520. The number of hydrogen-bond acceptors (Lipinski definition) is 4. The molecule has 1 unspecified atom stereocenters. The van der Waals surface area contributed by atoms with Crippen molar-refractivity contribution in [3.8, 4) is 0 Å². The molecule has 0 radical (unpaired) electrons. The number of imidazole rings is 1. The predicted octanol–water partition coefficient (Wildman–Crippen LogP) is 2.06. The van der Waals surface area contributed by atoms with E-state index in [4.69, 9.17) is 4.74 Å². The van der Waals surface area contributed by atoms with Crippen LogP contribution >= 0.6 is 0 Å². The molecule has 0 N–H and O–H groups in total. The molecule has 2 rings (SSSR count). The van der Waals surface area contributed by atoms with E-state index < -0.39 is 5.97 Å². The van der Waals surface area contributed by atoms with E-state index in [0.29, 0.717) is 12.3 Å². The van der Waals surface area contributed by atoms with Crippen molar-refractivity contribution >= 4 is 5.97 Å². The Labute approximate surface area is 105 Å². The molecule has 0 fully saturated rings. The minimum absolute atomic E-state index is 0.101. The molecule has 2 aromatic heterocycles. The Balaban J connectivity index is 2.17. The highest BCUT2D eigenvalue weighted by atomic mass is 16.5. The van der Waals surface area contributed by atoms with Crippen LogP contribution in [-0.4, -0.2) is 27.1 Å². The average molecular weight is 245 g/mol. The minimum atomic E-state index is -0.391. The summed E-state index contributed by atoms with van der Waals surface area (Å²) >= 11 is 0.